The zero-order valence-electron chi connectivity index (χ0n) is 28.1. The number of aromatic carboxylic acids is 2. The normalized spacial score (nSPS) is 10.8. The number of carbonyl (C=O) groups is 3. The van der Waals surface area contributed by atoms with Gasteiger partial charge in [0.25, 0.3) is 0 Å². The summed E-state index contributed by atoms with van der Waals surface area (Å²) in [4.78, 5) is 42.8. The van der Waals surface area contributed by atoms with Crippen LogP contribution in [-0.4, -0.2) is 77.4 Å². The third-order valence-electron chi connectivity index (χ3n) is 7.40. The monoisotopic (exact) mass is 781 g/mol. The number of benzene rings is 4. The van der Waals surface area contributed by atoms with Crippen LogP contribution in [0.4, 0.5) is 20.2 Å². The van der Waals surface area contributed by atoms with Crippen LogP contribution in [-0.2, 0) is 21.5 Å². The van der Waals surface area contributed by atoms with Gasteiger partial charge in [-0.15, -0.1) is 0 Å². The minimum Gasteiger partial charge on any atom is -0.493 e. The van der Waals surface area contributed by atoms with Crippen LogP contribution in [0.15, 0.2) is 107 Å². The minimum absolute atomic E-state index is 0. The first-order valence-corrected chi connectivity index (χ1v) is 15.3. The van der Waals surface area contributed by atoms with Gasteiger partial charge in [0.1, 0.15) is 11.6 Å². The number of methoxy groups -OCH3 is 1. The van der Waals surface area contributed by atoms with Gasteiger partial charge in [-0.05, 0) is 67.6 Å². The third-order valence-corrected chi connectivity index (χ3v) is 7.40. The van der Waals surface area contributed by atoms with Gasteiger partial charge in [0.2, 0.25) is 11.8 Å². The van der Waals surface area contributed by atoms with Crippen LogP contribution >= 0.6 is 0 Å². The van der Waals surface area contributed by atoms with E-state index in [1.165, 1.54) is 65.5 Å². The van der Waals surface area contributed by atoms with Gasteiger partial charge in [0, 0.05) is 29.2 Å². The molecule has 0 saturated heterocycles. The van der Waals surface area contributed by atoms with E-state index in [2.05, 4.69) is 24.9 Å². The number of aliphatic imine (C=N–C) groups is 2. The van der Waals surface area contributed by atoms with E-state index in [0.29, 0.717) is 16.9 Å². The van der Waals surface area contributed by atoms with Gasteiger partial charge < -0.3 is 25.2 Å². The molecule has 4 N–H and O–H groups in total. The molecule has 0 aliphatic rings. The molecule has 6 aromatic rings. The first-order chi connectivity index (χ1) is 25.4. The molecule has 0 amide bonds. The summed E-state index contributed by atoms with van der Waals surface area (Å²) in [6.07, 6.45) is 2.45. The summed E-state index contributed by atoms with van der Waals surface area (Å²) in [7, 11) is 1.14. The third kappa shape index (κ3) is 8.90. The van der Waals surface area contributed by atoms with Crippen molar-refractivity contribution in [2.24, 2.45) is 9.98 Å². The van der Waals surface area contributed by atoms with Crippen molar-refractivity contribution < 1.29 is 65.1 Å². The predicted molar refractivity (Wildman–Crippen MR) is 188 cm³/mol. The Kier molecular flexibility index (Phi) is 12.9. The molecule has 0 aliphatic heterocycles. The molecule has 0 fully saturated rings. The number of hydrogen-bond donors (Lipinski definition) is 4. The molecule has 1 radical (unpaired) electrons. The van der Waals surface area contributed by atoms with E-state index in [-0.39, 0.29) is 62.1 Å². The number of carboxylic acid groups (broad SMARTS) is 2. The number of ether oxygens (including phenoxy) is 1. The van der Waals surface area contributed by atoms with Gasteiger partial charge in [-0.3, -0.25) is 9.98 Å². The van der Waals surface area contributed by atoms with Crippen molar-refractivity contribution in [3.8, 4) is 23.1 Å². The Balaban J connectivity index is 0.000000238. The van der Waals surface area contributed by atoms with Gasteiger partial charge in [-0.1, -0.05) is 36.4 Å². The van der Waals surface area contributed by atoms with Crippen LogP contribution in [0, 0.1) is 18.6 Å². The summed E-state index contributed by atoms with van der Waals surface area (Å²) in [6.45, 7) is 1.67. The predicted octanol–water partition coefficient (Wildman–Crippen LogP) is 6.42. The number of aromatic hydroxyl groups is 2. The molecule has 6 rings (SSSR count). The molecule has 14 nitrogen and oxygen atoms in total. The molecule has 0 saturated carbocycles. The summed E-state index contributed by atoms with van der Waals surface area (Å²) in [6, 6.07) is 23.1. The summed E-state index contributed by atoms with van der Waals surface area (Å²) < 4.78 is 33.7. The Morgan fingerprint density at radius 2 is 1.13 bits per heavy atom. The molecule has 0 bridgehead atoms. The summed E-state index contributed by atoms with van der Waals surface area (Å²) >= 11 is 0. The van der Waals surface area contributed by atoms with Crippen molar-refractivity contribution >= 4 is 41.7 Å². The zero-order chi connectivity index (χ0) is 38.2. The summed E-state index contributed by atoms with van der Waals surface area (Å²) in [5.41, 5.74) is 1.33. The molecule has 0 atom stereocenters. The van der Waals surface area contributed by atoms with E-state index in [9.17, 15) is 43.6 Å². The van der Waals surface area contributed by atoms with Crippen molar-refractivity contribution in [3.05, 3.63) is 142 Å². The van der Waals surface area contributed by atoms with E-state index < -0.39 is 35.4 Å². The average Bonchev–Trinajstić information content (AvgIpc) is 3.63. The van der Waals surface area contributed by atoms with E-state index in [1.54, 1.807) is 43.3 Å². The second-order valence-electron chi connectivity index (χ2n) is 10.8. The topological polar surface area (TPSA) is 202 Å². The molecule has 4 aromatic carbocycles. The van der Waals surface area contributed by atoms with E-state index >= 15 is 0 Å². The number of carboxylic acids is 2. The Morgan fingerprint density at radius 1 is 0.685 bits per heavy atom. The van der Waals surface area contributed by atoms with Crippen LogP contribution in [0.25, 0.3) is 11.4 Å². The van der Waals surface area contributed by atoms with Gasteiger partial charge in [0.15, 0.2) is 5.69 Å². The second-order valence-corrected chi connectivity index (χ2v) is 10.8. The fourth-order valence-electron chi connectivity index (χ4n) is 4.84. The number of carbonyl (C=O) groups excluding carboxylic acids is 1. The molecule has 277 valence electrons. The quantitative estimate of drug-likeness (QED) is 0.0936. The largest absolute Gasteiger partial charge is 0.493 e. The number of rotatable bonds is 9. The van der Waals surface area contributed by atoms with Crippen LogP contribution in [0.3, 0.4) is 0 Å². The molecule has 0 spiro atoms. The fourth-order valence-corrected chi connectivity index (χ4v) is 4.84. The first-order valence-electron chi connectivity index (χ1n) is 15.3. The maximum absolute atomic E-state index is 13.5. The molecule has 0 aliphatic carbocycles. The van der Waals surface area contributed by atoms with Gasteiger partial charge in [-0.2, -0.15) is 14.9 Å². The van der Waals surface area contributed by atoms with Gasteiger partial charge in [-0.25, -0.2) is 27.8 Å². The number of para-hydroxylation sites is 2. The van der Waals surface area contributed by atoms with Crippen LogP contribution in [0.2, 0.25) is 0 Å². The second kappa shape index (κ2) is 17.5. The Labute approximate surface area is 315 Å². The number of nitrogens with zero attached hydrogens (tertiary/aromatic N) is 6. The van der Waals surface area contributed by atoms with Crippen LogP contribution in [0.5, 0.6) is 11.8 Å². The number of hydrogen-bond acceptors (Lipinski definition) is 10. The summed E-state index contributed by atoms with van der Waals surface area (Å²) in [5.74, 6) is -4.82. The molecule has 2 heterocycles. The van der Waals surface area contributed by atoms with Gasteiger partial charge in [0.05, 0.1) is 57.8 Å². The van der Waals surface area contributed by atoms with Crippen LogP contribution in [0.1, 0.15) is 48.0 Å². The Morgan fingerprint density at radius 3 is 1.59 bits per heavy atom. The van der Waals surface area contributed by atoms with Crippen molar-refractivity contribution in [1.82, 2.24) is 19.6 Å². The summed E-state index contributed by atoms with van der Waals surface area (Å²) in [5, 5.41) is 47.5. The maximum atomic E-state index is 13.5. The number of halogens is 2. The number of esters is 1. The van der Waals surface area contributed by atoms with Crippen molar-refractivity contribution in [2.75, 3.05) is 7.11 Å². The molecule has 17 heteroatoms. The van der Waals surface area contributed by atoms with Crippen LogP contribution < -0.4 is 0 Å². The van der Waals surface area contributed by atoms with Gasteiger partial charge >= 0.3 is 17.9 Å². The Hall–Kier alpha value is -6.98. The molecule has 54 heavy (non-hydrogen) atoms. The molecule has 0 unspecified atom stereocenters. The first kappa shape index (κ1) is 39.8. The SMILES string of the molecule is COC(=O)c1nn(-c2cccc(F)c2)c(O)c1C=Nc1ccccc1C(=O)O.Cc1nn(-c2cccc(F)c2)c(O)c1C=Nc1ccccc1C(=O)O.[Co]. The van der Waals surface area contributed by atoms with Crippen molar-refractivity contribution in [2.45, 2.75) is 6.92 Å². The number of aryl methyl sites for hydroxylation is 1. The fraction of sp³-hybridized carbons (Fsp3) is 0.0541. The molecular formula is C37H28CoF2N6O8. The van der Waals surface area contributed by atoms with Crippen molar-refractivity contribution in [1.29, 1.82) is 0 Å². The minimum atomic E-state index is -1.18. The van der Waals surface area contributed by atoms with Crippen molar-refractivity contribution in [3.63, 3.8) is 0 Å². The maximum Gasteiger partial charge on any atom is 0.359 e. The Bertz CT molecular complexity index is 2410. The zero-order valence-corrected chi connectivity index (χ0v) is 29.1. The average molecular weight is 782 g/mol. The van der Waals surface area contributed by atoms with E-state index in [4.69, 9.17) is 0 Å². The molecular weight excluding hydrogens is 753 g/mol. The number of aromatic nitrogens is 4. The van der Waals surface area contributed by atoms with E-state index in [1.807, 2.05) is 0 Å². The smallest absolute Gasteiger partial charge is 0.359 e. The standard InChI is InChI=1S/C19H14FN3O5.C18H14FN3O3.Co/c1-28-19(27)16-14(10-21-15-8-3-2-7-13(15)18(25)26)17(24)23(22-16)12-6-4-5-11(20)9-12;1-11-15(10-20-16-8-3-2-7-14(16)18(24)25)17(23)22(21-11)13-6-4-5-12(19)9-13;/h2-10,24H,1H3,(H,25,26);2-10,23H,1H3,(H,24,25);. The van der Waals surface area contributed by atoms with E-state index in [0.717, 1.165) is 24.1 Å². The molecule has 2 aromatic heterocycles.